The van der Waals surface area contributed by atoms with Crippen LogP contribution >= 0.6 is 11.3 Å². The number of thiophene rings is 1. The van der Waals surface area contributed by atoms with Crippen molar-refractivity contribution in [2.45, 2.75) is 39.7 Å². The Morgan fingerprint density at radius 3 is 2.53 bits per heavy atom. The van der Waals surface area contributed by atoms with E-state index in [2.05, 4.69) is 16.0 Å². The molecule has 1 saturated heterocycles. The zero-order valence-corrected chi connectivity index (χ0v) is 19.2. The number of Topliss-reactive ketones (excluding diaryl/α,β-unsaturated/α-hetero) is 1. The number of ketones is 1. The molecule has 1 aliphatic rings. The summed E-state index contributed by atoms with van der Waals surface area (Å²) in [6.07, 6.45) is 2.90. The number of carbonyl (C=O) groups excluding carboxylic acids is 2. The van der Waals surface area contributed by atoms with Crippen molar-refractivity contribution in [1.29, 1.82) is 0 Å². The average Bonchev–Trinajstić information content (AvgIpc) is 3.32. The maximum Gasteiger partial charge on any atom is 0.309 e. The van der Waals surface area contributed by atoms with Gasteiger partial charge in [-0.1, -0.05) is 6.07 Å². The van der Waals surface area contributed by atoms with E-state index in [1.54, 1.807) is 11.3 Å². The van der Waals surface area contributed by atoms with Crippen molar-refractivity contribution in [1.82, 2.24) is 8.87 Å². The number of piperidine rings is 1. The minimum absolute atomic E-state index is 0.215. The highest BCUT2D eigenvalue weighted by molar-refractivity contribution is 7.88. The third-order valence-corrected chi connectivity index (χ3v) is 7.88. The Bertz CT molecular complexity index is 1000. The molecule has 0 spiro atoms. The number of rotatable bonds is 8. The number of hydrogen-bond acceptors (Lipinski definition) is 6. The molecular formula is C21H28N2O5S2. The molecule has 30 heavy (non-hydrogen) atoms. The Morgan fingerprint density at radius 1 is 1.23 bits per heavy atom. The first-order valence-electron chi connectivity index (χ1n) is 10.0. The van der Waals surface area contributed by atoms with Gasteiger partial charge in [0.15, 0.2) is 6.61 Å². The lowest BCUT2D eigenvalue weighted by Crippen LogP contribution is -2.40. The van der Waals surface area contributed by atoms with Gasteiger partial charge in [0.2, 0.25) is 15.8 Å². The molecule has 0 atom stereocenters. The van der Waals surface area contributed by atoms with E-state index in [1.807, 2.05) is 26.0 Å². The Labute approximate surface area is 181 Å². The molecule has 9 heteroatoms. The number of ether oxygens (including phenoxy) is 1. The molecule has 0 bridgehead atoms. The van der Waals surface area contributed by atoms with Crippen molar-refractivity contribution in [3.05, 3.63) is 45.4 Å². The lowest BCUT2D eigenvalue weighted by Gasteiger charge is -2.28. The third-order valence-electron chi connectivity index (χ3n) is 5.64. The largest absolute Gasteiger partial charge is 0.457 e. The van der Waals surface area contributed by atoms with Gasteiger partial charge in [0, 0.05) is 41.5 Å². The van der Waals surface area contributed by atoms with E-state index in [4.69, 9.17) is 4.74 Å². The van der Waals surface area contributed by atoms with Crippen LogP contribution in [0.25, 0.3) is 0 Å². The third kappa shape index (κ3) is 5.39. The molecular weight excluding hydrogens is 424 g/mol. The van der Waals surface area contributed by atoms with E-state index < -0.39 is 16.0 Å². The van der Waals surface area contributed by atoms with Gasteiger partial charge in [0.05, 0.1) is 12.2 Å². The molecule has 0 aliphatic carbocycles. The average molecular weight is 453 g/mol. The summed E-state index contributed by atoms with van der Waals surface area (Å²) in [5.41, 5.74) is 2.47. The molecule has 7 nitrogen and oxygen atoms in total. The topological polar surface area (TPSA) is 85.7 Å². The normalized spacial score (nSPS) is 16.0. The highest BCUT2D eigenvalue weighted by Gasteiger charge is 2.30. The van der Waals surface area contributed by atoms with E-state index in [1.165, 1.54) is 15.4 Å². The zero-order valence-electron chi connectivity index (χ0n) is 17.6. The Balaban J connectivity index is 1.53. The summed E-state index contributed by atoms with van der Waals surface area (Å²) in [5.74, 6) is -1.01. The van der Waals surface area contributed by atoms with E-state index in [0.717, 1.165) is 24.4 Å². The van der Waals surface area contributed by atoms with Crippen LogP contribution in [0.1, 0.15) is 39.5 Å². The molecule has 0 unspecified atom stereocenters. The van der Waals surface area contributed by atoms with Gasteiger partial charge in [0.25, 0.3) is 0 Å². The lowest BCUT2D eigenvalue weighted by atomic mass is 9.98. The first-order chi connectivity index (χ1) is 14.2. The SMILES string of the molecule is Cc1cc(C(=O)COC(=O)C2CCN(S(C)(=O)=O)CC2)c(C)n1CCc1cccs1. The van der Waals surface area contributed by atoms with E-state index in [-0.39, 0.29) is 18.3 Å². The molecule has 2 aromatic heterocycles. The predicted octanol–water partition coefficient (Wildman–Crippen LogP) is 2.81. The van der Waals surface area contributed by atoms with E-state index in [0.29, 0.717) is 31.5 Å². The van der Waals surface area contributed by atoms with Gasteiger partial charge in [0.1, 0.15) is 0 Å². The van der Waals surface area contributed by atoms with Crippen LogP contribution in [-0.4, -0.2) is 55.0 Å². The molecule has 1 aliphatic heterocycles. The first-order valence-corrected chi connectivity index (χ1v) is 12.7. The van der Waals surface area contributed by atoms with Crippen LogP contribution in [-0.2, 0) is 32.5 Å². The van der Waals surface area contributed by atoms with E-state index in [9.17, 15) is 18.0 Å². The van der Waals surface area contributed by atoms with Crippen molar-refractivity contribution in [2.75, 3.05) is 26.0 Å². The number of sulfonamides is 1. The molecule has 1 fully saturated rings. The van der Waals surface area contributed by atoms with Crippen LogP contribution < -0.4 is 0 Å². The predicted molar refractivity (Wildman–Crippen MR) is 116 cm³/mol. The zero-order chi connectivity index (χ0) is 21.9. The van der Waals surface area contributed by atoms with Crippen LogP contribution in [0.2, 0.25) is 0 Å². The van der Waals surface area contributed by atoms with Crippen molar-refractivity contribution in [2.24, 2.45) is 5.92 Å². The number of carbonyl (C=O) groups is 2. The first kappa shape index (κ1) is 22.7. The van der Waals surface area contributed by atoms with Crippen molar-refractivity contribution in [3.63, 3.8) is 0 Å². The fraction of sp³-hybridized carbons (Fsp3) is 0.524. The lowest BCUT2D eigenvalue weighted by molar-refractivity contribution is -0.148. The van der Waals surface area contributed by atoms with Crippen molar-refractivity contribution in [3.8, 4) is 0 Å². The summed E-state index contributed by atoms with van der Waals surface area (Å²) in [4.78, 5) is 26.3. The standard InChI is InChI=1S/C21H28N2O5S2/c1-15-13-19(16(2)23(15)11-8-18-5-4-12-29-18)20(24)14-28-21(25)17-6-9-22(10-7-17)30(3,26)27/h4-5,12-13,17H,6-11,14H2,1-3H3. The maximum atomic E-state index is 12.7. The Morgan fingerprint density at radius 2 is 1.93 bits per heavy atom. The second-order valence-electron chi connectivity index (χ2n) is 7.73. The number of esters is 1. The van der Waals surface area contributed by atoms with Gasteiger partial charge >= 0.3 is 5.97 Å². The Hall–Kier alpha value is -1.97. The van der Waals surface area contributed by atoms with Crippen LogP contribution in [0.5, 0.6) is 0 Å². The van der Waals surface area contributed by atoms with Crippen LogP contribution in [0, 0.1) is 19.8 Å². The second kappa shape index (κ2) is 9.45. The number of nitrogens with zero attached hydrogens (tertiary/aromatic N) is 2. The molecule has 0 radical (unpaired) electrons. The minimum Gasteiger partial charge on any atom is -0.457 e. The Kier molecular flexibility index (Phi) is 7.15. The molecule has 0 aromatic carbocycles. The number of aryl methyl sites for hydroxylation is 2. The van der Waals surface area contributed by atoms with Crippen molar-refractivity contribution >= 4 is 33.1 Å². The molecule has 0 saturated carbocycles. The van der Waals surface area contributed by atoms with Crippen molar-refractivity contribution < 1.29 is 22.7 Å². The van der Waals surface area contributed by atoms with Crippen LogP contribution in [0.15, 0.2) is 23.6 Å². The maximum absolute atomic E-state index is 12.7. The number of hydrogen-bond donors (Lipinski definition) is 0. The van der Waals surface area contributed by atoms with Gasteiger partial charge in [-0.05, 0) is 50.6 Å². The quantitative estimate of drug-likeness (QED) is 0.454. The summed E-state index contributed by atoms with van der Waals surface area (Å²) in [6.45, 7) is 5.00. The smallest absolute Gasteiger partial charge is 0.309 e. The summed E-state index contributed by atoms with van der Waals surface area (Å²) in [6, 6.07) is 5.99. The van der Waals surface area contributed by atoms with Gasteiger partial charge in [-0.25, -0.2) is 12.7 Å². The molecule has 3 rings (SSSR count). The molecule has 0 N–H and O–H groups in total. The van der Waals surface area contributed by atoms with Gasteiger partial charge in [-0.2, -0.15) is 0 Å². The highest BCUT2D eigenvalue weighted by Crippen LogP contribution is 2.21. The summed E-state index contributed by atoms with van der Waals surface area (Å²) < 4.78 is 31.9. The minimum atomic E-state index is -3.24. The summed E-state index contributed by atoms with van der Waals surface area (Å²) in [7, 11) is -3.24. The molecule has 3 heterocycles. The van der Waals surface area contributed by atoms with Crippen LogP contribution in [0.3, 0.4) is 0 Å². The van der Waals surface area contributed by atoms with Gasteiger partial charge in [-0.3, -0.25) is 9.59 Å². The molecule has 0 amide bonds. The monoisotopic (exact) mass is 452 g/mol. The summed E-state index contributed by atoms with van der Waals surface area (Å²) >= 11 is 1.72. The van der Waals surface area contributed by atoms with Gasteiger partial charge < -0.3 is 9.30 Å². The van der Waals surface area contributed by atoms with E-state index >= 15 is 0 Å². The number of aromatic nitrogens is 1. The van der Waals surface area contributed by atoms with Gasteiger partial charge in [-0.15, -0.1) is 11.3 Å². The highest BCUT2D eigenvalue weighted by atomic mass is 32.2. The molecule has 164 valence electrons. The second-order valence-corrected chi connectivity index (χ2v) is 10.7. The fourth-order valence-corrected chi connectivity index (χ4v) is 5.43. The van der Waals surface area contributed by atoms with Crippen LogP contribution in [0.4, 0.5) is 0 Å². The summed E-state index contributed by atoms with van der Waals surface area (Å²) in [5, 5.41) is 2.05. The fourth-order valence-electron chi connectivity index (χ4n) is 3.86. The molecule has 2 aromatic rings.